The molecular formula is C21H27N3O3. The Morgan fingerprint density at radius 3 is 2.85 bits per heavy atom. The van der Waals surface area contributed by atoms with Gasteiger partial charge in [0.25, 0.3) is 0 Å². The van der Waals surface area contributed by atoms with Crippen LogP contribution in [0.3, 0.4) is 0 Å². The van der Waals surface area contributed by atoms with E-state index in [1.165, 1.54) is 11.1 Å². The van der Waals surface area contributed by atoms with Crippen molar-refractivity contribution >= 4 is 11.7 Å². The van der Waals surface area contributed by atoms with Gasteiger partial charge in [-0.3, -0.25) is 4.90 Å². The van der Waals surface area contributed by atoms with Gasteiger partial charge in [0.15, 0.2) is 0 Å². The normalized spacial score (nSPS) is 16.9. The summed E-state index contributed by atoms with van der Waals surface area (Å²) >= 11 is 0. The number of hydrogen-bond donors (Lipinski definition) is 1. The fraction of sp³-hybridized carbons (Fsp3) is 0.476. The van der Waals surface area contributed by atoms with Gasteiger partial charge in [0.2, 0.25) is 0 Å². The number of urea groups is 1. The Labute approximate surface area is 160 Å². The van der Waals surface area contributed by atoms with Crippen molar-refractivity contribution in [1.29, 1.82) is 0 Å². The molecule has 1 aliphatic heterocycles. The maximum atomic E-state index is 13.0. The van der Waals surface area contributed by atoms with E-state index in [9.17, 15) is 4.79 Å². The molecule has 1 N–H and O–H groups in total. The van der Waals surface area contributed by atoms with E-state index in [0.717, 1.165) is 63.6 Å². The summed E-state index contributed by atoms with van der Waals surface area (Å²) in [7, 11) is 0. The molecule has 6 nitrogen and oxygen atoms in total. The van der Waals surface area contributed by atoms with E-state index < -0.39 is 0 Å². The van der Waals surface area contributed by atoms with Gasteiger partial charge in [-0.25, -0.2) is 4.79 Å². The summed E-state index contributed by atoms with van der Waals surface area (Å²) in [4.78, 5) is 17.2. The Balaban J connectivity index is 1.43. The number of rotatable bonds is 6. The molecule has 0 unspecified atom stereocenters. The number of fused-ring (bicyclic) bond motifs is 1. The minimum atomic E-state index is -0.0695. The van der Waals surface area contributed by atoms with Crippen LogP contribution < -0.4 is 5.32 Å². The van der Waals surface area contributed by atoms with E-state index in [4.69, 9.17) is 9.15 Å². The van der Waals surface area contributed by atoms with Crippen LogP contribution in [-0.2, 0) is 24.1 Å². The lowest BCUT2D eigenvalue weighted by Crippen LogP contribution is -2.44. The summed E-state index contributed by atoms with van der Waals surface area (Å²) in [5, 5.41) is 3.14. The maximum Gasteiger partial charge on any atom is 0.322 e. The van der Waals surface area contributed by atoms with Crippen LogP contribution in [-0.4, -0.2) is 55.2 Å². The van der Waals surface area contributed by atoms with Gasteiger partial charge < -0.3 is 19.4 Å². The van der Waals surface area contributed by atoms with Crippen LogP contribution in [0.1, 0.15) is 23.3 Å². The summed E-state index contributed by atoms with van der Waals surface area (Å²) in [5.41, 5.74) is 3.60. The number of nitrogens with one attached hydrogen (secondary N) is 1. The van der Waals surface area contributed by atoms with Crippen molar-refractivity contribution in [2.45, 2.75) is 25.8 Å². The Kier molecular flexibility index (Phi) is 5.75. The minimum Gasteiger partial charge on any atom is -0.467 e. The second-order valence-electron chi connectivity index (χ2n) is 7.18. The first-order valence-corrected chi connectivity index (χ1v) is 9.79. The monoisotopic (exact) mass is 369 g/mol. The third kappa shape index (κ3) is 4.51. The number of ether oxygens (including phenoxy) is 1. The van der Waals surface area contributed by atoms with E-state index >= 15 is 0 Å². The van der Waals surface area contributed by atoms with Crippen molar-refractivity contribution < 1.29 is 13.9 Å². The van der Waals surface area contributed by atoms with Crippen molar-refractivity contribution in [2.75, 3.05) is 44.7 Å². The van der Waals surface area contributed by atoms with Gasteiger partial charge in [-0.1, -0.05) is 12.1 Å². The molecule has 2 aliphatic rings. The lowest BCUT2D eigenvalue weighted by atomic mass is 10.1. The molecule has 0 atom stereocenters. The fourth-order valence-corrected chi connectivity index (χ4v) is 3.86. The molecule has 0 saturated carbocycles. The molecule has 2 aromatic rings. The number of nitrogens with zero attached hydrogens (tertiary/aromatic N) is 2. The molecule has 0 bridgehead atoms. The molecule has 4 rings (SSSR count). The quantitative estimate of drug-likeness (QED) is 0.850. The van der Waals surface area contributed by atoms with E-state index in [2.05, 4.69) is 16.3 Å². The molecule has 1 aliphatic carbocycles. The lowest BCUT2D eigenvalue weighted by Gasteiger charge is -2.30. The molecule has 1 aromatic heterocycles. The number of morpholine rings is 1. The predicted octanol–water partition coefficient (Wildman–Crippen LogP) is 3.13. The molecule has 1 fully saturated rings. The third-order valence-electron chi connectivity index (χ3n) is 5.39. The number of furan rings is 1. The third-order valence-corrected chi connectivity index (χ3v) is 5.39. The second kappa shape index (κ2) is 8.59. The highest BCUT2D eigenvalue weighted by Gasteiger charge is 2.21. The van der Waals surface area contributed by atoms with Crippen LogP contribution in [0.4, 0.5) is 10.5 Å². The highest BCUT2D eigenvalue weighted by atomic mass is 16.5. The van der Waals surface area contributed by atoms with Gasteiger partial charge in [-0.2, -0.15) is 0 Å². The van der Waals surface area contributed by atoms with Crippen LogP contribution in [0, 0.1) is 0 Å². The van der Waals surface area contributed by atoms with Gasteiger partial charge >= 0.3 is 6.03 Å². The minimum absolute atomic E-state index is 0.0695. The van der Waals surface area contributed by atoms with Crippen LogP contribution in [0.2, 0.25) is 0 Å². The summed E-state index contributed by atoms with van der Waals surface area (Å²) in [6, 6.07) is 9.91. The Morgan fingerprint density at radius 1 is 1.15 bits per heavy atom. The van der Waals surface area contributed by atoms with E-state index in [-0.39, 0.29) is 6.03 Å². The first-order valence-electron chi connectivity index (χ1n) is 9.79. The average molecular weight is 369 g/mol. The standard InChI is InChI=1S/C21H27N3O3/c25-21(22-20-8-2-5-17-4-1-7-19(17)20)24(16-18-6-3-13-27-18)10-9-23-11-14-26-15-12-23/h2-3,5-6,8,13H,1,4,7,9-12,14-16H2,(H,22,25). The van der Waals surface area contributed by atoms with Gasteiger partial charge in [0, 0.05) is 31.9 Å². The Hall–Kier alpha value is -2.31. The number of amides is 2. The highest BCUT2D eigenvalue weighted by molar-refractivity contribution is 5.90. The van der Waals surface area contributed by atoms with Crippen LogP contribution in [0.25, 0.3) is 0 Å². The summed E-state index contributed by atoms with van der Waals surface area (Å²) < 4.78 is 10.9. The Morgan fingerprint density at radius 2 is 2.04 bits per heavy atom. The van der Waals surface area contributed by atoms with Crippen molar-refractivity contribution in [3.05, 3.63) is 53.5 Å². The van der Waals surface area contributed by atoms with Gasteiger partial charge in [-0.15, -0.1) is 0 Å². The fourth-order valence-electron chi connectivity index (χ4n) is 3.86. The first kappa shape index (κ1) is 18.1. The molecule has 27 heavy (non-hydrogen) atoms. The number of benzene rings is 1. The highest BCUT2D eigenvalue weighted by Crippen LogP contribution is 2.29. The number of carbonyl (C=O) groups is 1. The molecule has 2 heterocycles. The molecular weight excluding hydrogens is 342 g/mol. The largest absolute Gasteiger partial charge is 0.467 e. The topological polar surface area (TPSA) is 58.0 Å². The molecule has 144 valence electrons. The predicted molar refractivity (Wildman–Crippen MR) is 104 cm³/mol. The lowest BCUT2D eigenvalue weighted by molar-refractivity contribution is 0.0347. The molecule has 0 radical (unpaired) electrons. The zero-order valence-corrected chi connectivity index (χ0v) is 15.7. The number of hydrogen-bond acceptors (Lipinski definition) is 4. The number of carbonyl (C=O) groups excluding carboxylic acids is 1. The number of anilines is 1. The van der Waals surface area contributed by atoms with Gasteiger partial charge in [0.1, 0.15) is 5.76 Å². The summed E-state index contributed by atoms with van der Waals surface area (Å²) in [6.45, 7) is 5.33. The van der Waals surface area contributed by atoms with E-state index in [1.54, 1.807) is 6.26 Å². The summed E-state index contributed by atoms with van der Waals surface area (Å²) in [6.07, 6.45) is 4.96. The SMILES string of the molecule is O=C(Nc1cccc2c1CCC2)N(CCN1CCOCC1)Cc1ccco1. The molecule has 6 heteroatoms. The molecule has 0 spiro atoms. The molecule has 1 saturated heterocycles. The zero-order chi connectivity index (χ0) is 18.5. The van der Waals surface area contributed by atoms with Crippen LogP contribution in [0.15, 0.2) is 41.0 Å². The van der Waals surface area contributed by atoms with Crippen molar-refractivity contribution in [1.82, 2.24) is 9.80 Å². The maximum absolute atomic E-state index is 13.0. The van der Waals surface area contributed by atoms with Gasteiger partial charge in [0.05, 0.1) is 26.0 Å². The van der Waals surface area contributed by atoms with Gasteiger partial charge in [-0.05, 0) is 48.6 Å². The smallest absolute Gasteiger partial charge is 0.322 e. The van der Waals surface area contributed by atoms with E-state index in [0.29, 0.717) is 13.1 Å². The van der Waals surface area contributed by atoms with E-state index in [1.807, 2.05) is 29.2 Å². The second-order valence-corrected chi connectivity index (χ2v) is 7.18. The van der Waals surface area contributed by atoms with Crippen LogP contribution >= 0.6 is 0 Å². The average Bonchev–Trinajstić information content (AvgIpc) is 3.38. The Bertz CT molecular complexity index is 754. The number of aryl methyl sites for hydroxylation is 1. The zero-order valence-electron chi connectivity index (χ0n) is 15.7. The van der Waals surface area contributed by atoms with Crippen molar-refractivity contribution in [3.63, 3.8) is 0 Å². The molecule has 2 amide bonds. The van der Waals surface area contributed by atoms with Crippen molar-refractivity contribution in [2.24, 2.45) is 0 Å². The van der Waals surface area contributed by atoms with Crippen molar-refractivity contribution in [3.8, 4) is 0 Å². The summed E-state index contributed by atoms with van der Waals surface area (Å²) in [5.74, 6) is 0.797. The van der Waals surface area contributed by atoms with Crippen LogP contribution in [0.5, 0.6) is 0 Å². The molecule has 1 aromatic carbocycles. The first-order chi connectivity index (χ1) is 13.3.